The Balaban J connectivity index is 2.25. The zero-order valence-electron chi connectivity index (χ0n) is 17.3. The molecule has 29 heavy (non-hydrogen) atoms. The van der Waals surface area contributed by atoms with Crippen molar-refractivity contribution in [2.45, 2.75) is 31.8 Å². The molecule has 1 atom stereocenters. The summed E-state index contributed by atoms with van der Waals surface area (Å²) in [5.74, 6) is 0.0949. The van der Waals surface area contributed by atoms with E-state index in [1.54, 1.807) is 0 Å². The maximum absolute atomic E-state index is 12.7. The SMILES string of the molecule is COC(=O)C(CC(C)C)NC(c1ccccc1)(c1ccccc1)c1ccccc1. The Kier molecular flexibility index (Phi) is 6.84. The van der Waals surface area contributed by atoms with Crippen molar-refractivity contribution in [2.24, 2.45) is 5.92 Å². The molecule has 0 aromatic heterocycles. The van der Waals surface area contributed by atoms with Gasteiger partial charge < -0.3 is 4.74 Å². The number of benzene rings is 3. The molecule has 3 nitrogen and oxygen atoms in total. The molecule has 0 bridgehead atoms. The molecular weight excluding hydrogens is 358 g/mol. The third-order valence-electron chi connectivity index (χ3n) is 5.20. The van der Waals surface area contributed by atoms with Gasteiger partial charge in [-0.1, -0.05) is 105 Å². The summed E-state index contributed by atoms with van der Waals surface area (Å²) in [7, 11) is 1.45. The monoisotopic (exact) mass is 387 g/mol. The van der Waals surface area contributed by atoms with E-state index in [4.69, 9.17) is 4.74 Å². The second-order valence-electron chi connectivity index (χ2n) is 7.70. The number of ether oxygens (including phenoxy) is 1. The van der Waals surface area contributed by atoms with Crippen molar-refractivity contribution in [1.29, 1.82) is 0 Å². The summed E-state index contributed by atoms with van der Waals surface area (Å²) >= 11 is 0. The summed E-state index contributed by atoms with van der Waals surface area (Å²) in [5, 5.41) is 3.72. The number of rotatable bonds is 8. The van der Waals surface area contributed by atoms with Gasteiger partial charge in [-0.15, -0.1) is 0 Å². The number of nitrogens with one attached hydrogen (secondary N) is 1. The Morgan fingerprint density at radius 2 is 1.17 bits per heavy atom. The van der Waals surface area contributed by atoms with Crippen molar-refractivity contribution in [2.75, 3.05) is 7.11 Å². The zero-order chi connectivity index (χ0) is 20.7. The molecule has 0 aliphatic rings. The van der Waals surface area contributed by atoms with Crippen LogP contribution >= 0.6 is 0 Å². The Morgan fingerprint density at radius 1 is 0.793 bits per heavy atom. The number of carbonyl (C=O) groups is 1. The summed E-state index contributed by atoms with van der Waals surface area (Å²) in [6.45, 7) is 4.24. The number of carbonyl (C=O) groups excluding carboxylic acids is 1. The summed E-state index contributed by atoms with van der Waals surface area (Å²) < 4.78 is 5.17. The van der Waals surface area contributed by atoms with E-state index in [-0.39, 0.29) is 5.97 Å². The molecule has 0 amide bonds. The van der Waals surface area contributed by atoms with Gasteiger partial charge in [-0.3, -0.25) is 10.1 Å². The van der Waals surface area contributed by atoms with Crippen molar-refractivity contribution < 1.29 is 9.53 Å². The predicted molar refractivity (Wildman–Crippen MR) is 118 cm³/mol. The Labute approximate surface area is 173 Å². The molecule has 0 spiro atoms. The smallest absolute Gasteiger partial charge is 0.322 e. The number of hydrogen-bond acceptors (Lipinski definition) is 3. The molecule has 150 valence electrons. The largest absolute Gasteiger partial charge is 0.468 e. The molecule has 1 unspecified atom stereocenters. The van der Waals surface area contributed by atoms with Crippen molar-refractivity contribution in [3.8, 4) is 0 Å². The molecule has 3 aromatic carbocycles. The minimum atomic E-state index is -0.683. The summed E-state index contributed by atoms with van der Waals surface area (Å²) in [6.07, 6.45) is 0.681. The van der Waals surface area contributed by atoms with Crippen molar-refractivity contribution in [3.63, 3.8) is 0 Å². The van der Waals surface area contributed by atoms with Crippen LogP contribution in [0.4, 0.5) is 0 Å². The van der Waals surface area contributed by atoms with Gasteiger partial charge in [0, 0.05) is 0 Å². The van der Waals surface area contributed by atoms with E-state index in [1.165, 1.54) is 7.11 Å². The third-order valence-corrected chi connectivity index (χ3v) is 5.20. The van der Waals surface area contributed by atoms with Crippen molar-refractivity contribution >= 4 is 5.97 Å². The Bertz CT molecular complexity index is 795. The maximum atomic E-state index is 12.7. The highest BCUT2D eigenvalue weighted by Gasteiger charge is 2.40. The molecule has 0 radical (unpaired) electrons. The average molecular weight is 388 g/mol. The minimum absolute atomic E-state index is 0.245. The first-order valence-electron chi connectivity index (χ1n) is 10.1. The minimum Gasteiger partial charge on any atom is -0.468 e. The van der Waals surface area contributed by atoms with Gasteiger partial charge in [-0.25, -0.2) is 0 Å². The molecule has 3 aromatic rings. The highest BCUT2D eigenvalue weighted by atomic mass is 16.5. The first-order valence-corrected chi connectivity index (χ1v) is 10.1. The van der Waals surface area contributed by atoms with E-state index < -0.39 is 11.6 Å². The summed E-state index contributed by atoms with van der Waals surface area (Å²) in [4.78, 5) is 12.7. The van der Waals surface area contributed by atoms with Crippen LogP contribution in [0.2, 0.25) is 0 Å². The van der Waals surface area contributed by atoms with Crippen molar-refractivity contribution in [1.82, 2.24) is 5.32 Å². The molecule has 0 aliphatic carbocycles. The van der Waals surface area contributed by atoms with Crippen LogP contribution in [0.5, 0.6) is 0 Å². The van der Waals surface area contributed by atoms with E-state index in [0.717, 1.165) is 16.7 Å². The van der Waals surface area contributed by atoms with Gasteiger partial charge in [-0.2, -0.15) is 0 Å². The van der Waals surface area contributed by atoms with Crippen LogP contribution in [0.1, 0.15) is 37.0 Å². The third kappa shape index (κ3) is 4.57. The van der Waals surface area contributed by atoms with E-state index >= 15 is 0 Å². The van der Waals surface area contributed by atoms with Gasteiger partial charge >= 0.3 is 5.97 Å². The van der Waals surface area contributed by atoms with Gasteiger partial charge in [0.2, 0.25) is 0 Å². The van der Waals surface area contributed by atoms with Crippen LogP contribution in [0.15, 0.2) is 91.0 Å². The predicted octanol–water partition coefficient (Wildman–Crippen LogP) is 5.16. The van der Waals surface area contributed by atoms with Crippen LogP contribution < -0.4 is 5.32 Å². The molecule has 0 saturated heterocycles. The lowest BCUT2D eigenvalue weighted by atomic mass is 9.76. The van der Waals surface area contributed by atoms with Gasteiger partial charge in [0.1, 0.15) is 6.04 Å². The normalized spacial score (nSPS) is 12.6. The fourth-order valence-corrected chi connectivity index (χ4v) is 3.90. The number of methoxy groups -OCH3 is 1. The highest BCUT2D eigenvalue weighted by Crippen LogP contribution is 2.37. The maximum Gasteiger partial charge on any atom is 0.322 e. The molecule has 0 saturated carbocycles. The fourth-order valence-electron chi connectivity index (χ4n) is 3.90. The van der Waals surface area contributed by atoms with Crippen LogP contribution in [0.3, 0.4) is 0 Å². The molecule has 0 fully saturated rings. The lowest BCUT2D eigenvalue weighted by Crippen LogP contribution is -2.53. The molecule has 0 heterocycles. The van der Waals surface area contributed by atoms with Gasteiger partial charge in [0.25, 0.3) is 0 Å². The molecule has 0 aliphatic heterocycles. The Morgan fingerprint density at radius 3 is 1.48 bits per heavy atom. The quantitative estimate of drug-likeness (QED) is 0.429. The van der Waals surface area contributed by atoms with E-state index in [0.29, 0.717) is 12.3 Å². The second-order valence-corrected chi connectivity index (χ2v) is 7.70. The topological polar surface area (TPSA) is 38.3 Å². The van der Waals surface area contributed by atoms with Crippen molar-refractivity contribution in [3.05, 3.63) is 108 Å². The van der Waals surface area contributed by atoms with E-state index in [1.807, 2.05) is 54.6 Å². The number of esters is 1. The lowest BCUT2D eigenvalue weighted by Gasteiger charge is -2.39. The number of hydrogen-bond donors (Lipinski definition) is 1. The zero-order valence-corrected chi connectivity index (χ0v) is 17.3. The second kappa shape index (κ2) is 9.53. The van der Waals surface area contributed by atoms with Crippen LogP contribution in [0.25, 0.3) is 0 Å². The first kappa shape index (κ1) is 20.8. The molecule has 1 N–H and O–H groups in total. The van der Waals surface area contributed by atoms with E-state index in [9.17, 15) is 4.79 Å². The Hall–Kier alpha value is -2.91. The van der Waals surface area contributed by atoms with Crippen LogP contribution in [0, 0.1) is 5.92 Å². The van der Waals surface area contributed by atoms with Gasteiger partial charge in [0.15, 0.2) is 0 Å². The fraction of sp³-hybridized carbons (Fsp3) is 0.269. The lowest BCUT2D eigenvalue weighted by molar-refractivity contribution is -0.144. The van der Waals surface area contributed by atoms with Crippen LogP contribution in [-0.4, -0.2) is 19.1 Å². The molecule has 3 heteroatoms. The van der Waals surface area contributed by atoms with E-state index in [2.05, 4.69) is 55.6 Å². The van der Waals surface area contributed by atoms with Crippen LogP contribution in [-0.2, 0) is 15.1 Å². The average Bonchev–Trinajstić information content (AvgIpc) is 2.77. The molecule has 3 rings (SSSR count). The summed E-state index contributed by atoms with van der Waals surface area (Å²) in [6, 6.07) is 30.4. The summed E-state index contributed by atoms with van der Waals surface area (Å²) in [5.41, 5.74) is 2.55. The standard InChI is InChI=1S/C26H29NO2/c1-20(2)19-24(25(28)29-3)27-26(21-13-7-4-8-14-21,22-15-9-5-10-16-22)23-17-11-6-12-18-23/h4-18,20,24,27H,19H2,1-3H3. The van der Waals surface area contributed by atoms with Gasteiger partial charge in [-0.05, 0) is 29.0 Å². The van der Waals surface area contributed by atoms with Gasteiger partial charge in [0.05, 0.1) is 12.6 Å². The first-order chi connectivity index (χ1) is 14.1. The highest BCUT2D eigenvalue weighted by molar-refractivity contribution is 5.76. The molecular formula is C26H29NO2.